The van der Waals surface area contributed by atoms with Gasteiger partial charge in [0.15, 0.2) is 4.75 Å². The number of ether oxygens (including phenoxy) is 3. The smallest absolute Gasteiger partial charge is 0.326 e. The average Bonchev–Trinajstić information content (AvgIpc) is 2.67. The Labute approximate surface area is 173 Å². The molecule has 6 nitrogen and oxygen atoms in total. The zero-order chi connectivity index (χ0) is 20.6. The van der Waals surface area contributed by atoms with E-state index in [0.717, 1.165) is 58.4 Å². The van der Waals surface area contributed by atoms with E-state index in [9.17, 15) is 9.00 Å². The van der Waals surface area contributed by atoms with Gasteiger partial charge < -0.3 is 14.2 Å². The van der Waals surface area contributed by atoms with Gasteiger partial charge in [0.05, 0.1) is 0 Å². The summed E-state index contributed by atoms with van der Waals surface area (Å²) in [5.41, 5.74) is -0.586. The van der Waals surface area contributed by atoms with Crippen molar-refractivity contribution < 1.29 is 23.2 Å². The van der Waals surface area contributed by atoms with E-state index in [1.54, 1.807) is 0 Å². The second-order valence-corrected chi connectivity index (χ2v) is 10.8. The standard InChI is InChI=1S/C21H39NO5S/c1-5-6-14-25-15-9-18-7-12-22(13-8-18)28(24)21(10-16-26-17-11-21)19(23)27-20(2,3)4/h18H,5-17H2,1-4H3. The molecule has 0 radical (unpaired) electrons. The number of carbonyl (C=O) groups is 1. The van der Waals surface area contributed by atoms with Crippen LogP contribution in [0.5, 0.6) is 0 Å². The van der Waals surface area contributed by atoms with E-state index in [1.165, 1.54) is 0 Å². The third-order valence-corrected chi connectivity index (χ3v) is 7.60. The van der Waals surface area contributed by atoms with Gasteiger partial charge in [-0.05, 0) is 65.2 Å². The molecule has 0 bridgehead atoms. The third-order valence-electron chi connectivity index (χ3n) is 5.53. The van der Waals surface area contributed by atoms with Crippen molar-refractivity contribution in [2.75, 3.05) is 39.5 Å². The Morgan fingerprint density at radius 3 is 2.39 bits per heavy atom. The summed E-state index contributed by atoms with van der Waals surface area (Å²) in [4.78, 5) is 13.0. The Balaban J connectivity index is 1.90. The Morgan fingerprint density at radius 1 is 1.18 bits per heavy atom. The highest BCUT2D eigenvalue weighted by Gasteiger charge is 2.50. The minimum Gasteiger partial charge on any atom is -0.459 e. The first kappa shape index (κ1) is 23.8. The first-order valence-electron chi connectivity index (χ1n) is 10.8. The fraction of sp³-hybridized carbons (Fsp3) is 0.952. The highest BCUT2D eigenvalue weighted by Crippen LogP contribution is 2.34. The van der Waals surface area contributed by atoms with Crippen LogP contribution < -0.4 is 0 Å². The number of nitrogens with zero attached hydrogens (tertiary/aromatic N) is 1. The van der Waals surface area contributed by atoms with Gasteiger partial charge in [0.1, 0.15) is 16.6 Å². The van der Waals surface area contributed by atoms with Gasteiger partial charge in [-0.1, -0.05) is 13.3 Å². The van der Waals surface area contributed by atoms with Crippen molar-refractivity contribution in [3.05, 3.63) is 0 Å². The zero-order valence-corrected chi connectivity index (χ0v) is 19.0. The molecule has 2 aliphatic heterocycles. The van der Waals surface area contributed by atoms with Crippen LogP contribution >= 0.6 is 0 Å². The number of piperidine rings is 1. The molecule has 0 aromatic heterocycles. The molecular weight excluding hydrogens is 378 g/mol. The third kappa shape index (κ3) is 6.78. The van der Waals surface area contributed by atoms with Crippen LogP contribution in [0.15, 0.2) is 0 Å². The molecule has 2 aliphatic rings. The SMILES string of the molecule is CCCCOCCC1CCN(S(=O)C2(C(=O)OC(C)(C)C)CCOCC2)CC1. The van der Waals surface area contributed by atoms with Crippen LogP contribution in [-0.4, -0.2) is 64.3 Å². The Hall–Kier alpha value is -0.500. The summed E-state index contributed by atoms with van der Waals surface area (Å²) >= 11 is 0. The molecule has 0 spiro atoms. The largest absolute Gasteiger partial charge is 0.459 e. The van der Waals surface area contributed by atoms with Crippen molar-refractivity contribution in [3.8, 4) is 0 Å². The van der Waals surface area contributed by atoms with Gasteiger partial charge in [0.25, 0.3) is 0 Å². The number of carbonyl (C=O) groups excluding carboxylic acids is 1. The Bertz CT molecular complexity index is 505. The molecule has 164 valence electrons. The molecule has 0 aliphatic carbocycles. The molecule has 7 heteroatoms. The summed E-state index contributed by atoms with van der Waals surface area (Å²) in [7, 11) is -1.39. The van der Waals surface area contributed by atoms with Gasteiger partial charge in [-0.2, -0.15) is 0 Å². The van der Waals surface area contributed by atoms with Gasteiger partial charge >= 0.3 is 5.97 Å². The molecule has 0 saturated carbocycles. The average molecular weight is 418 g/mol. The van der Waals surface area contributed by atoms with Gasteiger partial charge in [-0.3, -0.25) is 4.79 Å². The van der Waals surface area contributed by atoms with Gasteiger partial charge in [0.2, 0.25) is 0 Å². The van der Waals surface area contributed by atoms with E-state index < -0.39 is 21.3 Å². The normalized spacial score (nSPS) is 22.7. The molecule has 2 heterocycles. The Kier molecular flexibility index (Phi) is 9.38. The molecule has 1 atom stereocenters. The van der Waals surface area contributed by atoms with E-state index in [-0.39, 0.29) is 5.97 Å². The molecule has 28 heavy (non-hydrogen) atoms. The van der Waals surface area contributed by atoms with Crippen LogP contribution in [0.25, 0.3) is 0 Å². The summed E-state index contributed by atoms with van der Waals surface area (Å²) in [5, 5.41) is 0. The maximum absolute atomic E-state index is 13.5. The second kappa shape index (κ2) is 11.0. The summed E-state index contributed by atoms with van der Waals surface area (Å²) < 4.78 is 31.3. The first-order valence-corrected chi connectivity index (χ1v) is 11.9. The van der Waals surface area contributed by atoms with Crippen molar-refractivity contribution in [1.29, 1.82) is 0 Å². The van der Waals surface area contributed by atoms with E-state index in [1.807, 2.05) is 25.1 Å². The van der Waals surface area contributed by atoms with E-state index in [0.29, 0.717) is 32.0 Å². The summed E-state index contributed by atoms with van der Waals surface area (Å²) in [6.07, 6.45) is 6.27. The summed E-state index contributed by atoms with van der Waals surface area (Å²) in [5.74, 6) is 0.273. The minimum absolute atomic E-state index is 0.340. The van der Waals surface area contributed by atoms with Crippen molar-refractivity contribution in [2.45, 2.75) is 83.0 Å². The lowest BCUT2D eigenvalue weighted by atomic mass is 9.95. The van der Waals surface area contributed by atoms with Crippen LogP contribution in [0.3, 0.4) is 0 Å². The lowest BCUT2D eigenvalue weighted by Gasteiger charge is -2.41. The number of rotatable bonds is 9. The molecule has 0 aromatic rings. The Morgan fingerprint density at radius 2 is 1.82 bits per heavy atom. The highest BCUT2D eigenvalue weighted by atomic mass is 32.2. The quantitative estimate of drug-likeness (QED) is 0.425. The minimum atomic E-state index is -1.39. The van der Waals surface area contributed by atoms with Gasteiger partial charge in [-0.15, -0.1) is 0 Å². The van der Waals surface area contributed by atoms with Crippen LogP contribution in [0.2, 0.25) is 0 Å². The van der Waals surface area contributed by atoms with Crippen molar-refractivity contribution in [1.82, 2.24) is 4.31 Å². The number of esters is 1. The second-order valence-electron chi connectivity index (χ2n) is 8.98. The molecule has 2 fully saturated rings. The molecular formula is C21H39NO5S. The molecule has 0 N–H and O–H groups in total. The maximum atomic E-state index is 13.5. The summed E-state index contributed by atoms with van der Waals surface area (Å²) in [6, 6.07) is 0. The molecule has 0 aromatic carbocycles. The molecule has 0 amide bonds. The van der Waals surface area contributed by atoms with Crippen molar-refractivity contribution in [3.63, 3.8) is 0 Å². The van der Waals surface area contributed by atoms with E-state index in [4.69, 9.17) is 14.2 Å². The fourth-order valence-corrected chi connectivity index (χ4v) is 5.47. The lowest BCUT2D eigenvalue weighted by Crippen LogP contribution is -2.55. The number of hydrogen-bond donors (Lipinski definition) is 0. The first-order chi connectivity index (χ1) is 13.3. The van der Waals surface area contributed by atoms with Crippen molar-refractivity contribution in [2.24, 2.45) is 5.92 Å². The monoisotopic (exact) mass is 417 g/mol. The van der Waals surface area contributed by atoms with Gasteiger partial charge in [-0.25, -0.2) is 8.51 Å². The van der Waals surface area contributed by atoms with Crippen LogP contribution in [0, 0.1) is 5.92 Å². The van der Waals surface area contributed by atoms with Crippen LogP contribution in [-0.2, 0) is 30.0 Å². The fourth-order valence-electron chi connectivity index (χ4n) is 3.73. The van der Waals surface area contributed by atoms with E-state index >= 15 is 0 Å². The maximum Gasteiger partial charge on any atom is 0.326 e. The van der Waals surface area contributed by atoms with Crippen LogP contribution in [0.4, 0.5) is 0 Å². The lowest BCUT2D eigenvalue weighted by molar-refractivity contribution is -0.160. The van der Waals surface area contributed by atoms with Crippen LogP contribution in [0.1, 0.15) is 72.6 Å². The predicted octanol–water partition coefficient (Wildman–Crippen LogP) is 3.46. The number of unbranched alkanes of at least 4 members (excludes halogenated alkanes) is 1. The summed E-state index contributed by atoms with van der Waals surface area (Å²) in [6.45, 7) is 11.8. The van der Waals surface area contributed by atoms with Crippen molar-refractivity contribution >= 4 is 17.0 Å². The van der Waals surface area contributed by atoms with Gasteiger partial charge in [0, 0.05) is 39.5 Å². The molecule has 2 rings (SSSR count). The molecule has 2 saturated heterocycles. The predicted molar refractivity (Wildman–Crippen MR) is 111 cm³/mol. The topological polar surface area (TPSA) is 65.1 Å². The van der Waals surface area contributed by atoms with E-state index in [2.05, 4.69) is 6.92 Å². The zero-order valence-electron chi connectivity index (χ0n) is 18.2. The number of hydrogen-bond acceptors (Lipinski definition) is 5. The molecule has 1 unspecified atom stereocenters. The highest BCUT2D eigenvalue weighted by molar-refractivity contribution is 7.85.